The van der Waals surface area contributed by atoms with Crippen LogP contribution in [0.5, 0.6) is 11.5 Å². The van der Waals surface area contributed by atoms with E-state index < -0.39 is 0 Å². The zero-order valence-electron chi connectivity index (χ0n) is 20.2. The van der Waals surface area contributed by atoms with E-state index in [9.17, 15) is 5.11 Å². The van der Waals surface area contributed by atoms with Crippen LogP contribution in [0.4, 0.5) is 0 Å². The molecule has 1 N–H and O–H groups in total. The fourth-order valence-corrected chi connectivity index (χ4v) is 5.04. The lowest BCUT2D eigenvalue weighted by Crippen LogP contribution is -1.93. The van der Waals surface area contributed by atoms with Crippen molar-refractivity contribution in [1.29, 1.82) is 0 Å². The maximum absolute atomic E-state index is 10.9. The molecule has 4 nitrogen and oxygen atoms in total. The van der Waals surface area contributed by atoms with Gasteiger partial charge in [0.1, 0.15) is 11.5 Å². The van der Waals surface area contributed by atoms with Crippen LogP contribution >= 0.6 is 0 Å². The maximum Gasteiger partial charge on any atom is 0.178 e. The first kappa shape index (κ1) is 21.9. The van der Waals surface area contributed by atoms with Gasteiger partial charge in [0.25, 0.3) is 0 Å². The zero-order chi connectivity index (χ0) is 24.6. The number of aryl methyl sites for hydroxylation is 1. The third-order valence-electron chi connectivity index (χ3n) is 6.85. The Hall–Kier alpha value is -4.57. The molecule has 0 saturated carbocycles. The first-order valence-electron chi connectivity index (χ1n) is 12.0. The molecule has 0 aliphatic heterocycles. The first-order chi connectivity index (χ1) is 17.7. The molecule has 1 aromatic heterocycles. The highest BCUT2D eigenvalue weighted by molar-refractivity contribution is 6.07. The van der Waals surface area contributed by atoms with Gasteiger partial charge >= 0.3 is 0 Å². The highest BCUT2D eigenvalue weighted by Crippen LogP contribution is 2.45. The van der Waals surface area contributed by atoms with Gasteiger partial charge < -0.3 is 14.4 Å². The number of hydrogen-bond acceptors (Lipinski definition) is 4. The Morgan fingerprint density at radius 2 is 1.53 bits per heavy atom. The number of methoxy groups -OCH3 is 1. The predicted molar refractivity (Wildman–Crippen MR) is 145 cm³/mol. The molecule has 0 radical (unpaired) electrons. The third-order valence-corrected chi connectivity index (χ3v) is 6.85. The molecule has 0 fully saturated rings. The quantitative estimate of drug-likeness (QED) is 0.275. The van der Waals surface area contributed by atoms with Gasteiger partial charge in [0.2, 0.25) is 0 Å². The van der Waals surface area contributed by atoms with Gasteiger partial charge in [-0.1, -0.05) is 84.9 Å². The van der Waals surface area contributed by atoms with Crippen LogP contribution in [0.25, 0.3) is 55.1 Å². The second-order valence-electron chi connectivity index (χ2n) is 8.87. The van der Waals surface area contributed by atoms with Crippen LogP contribution in [0.1, 0.15) is 12.5 Å². The number of fused-ring (bicyclic) bond motifs is 2. The monoisotopic (exact) mass is 471 g/mol. The van der Waals surface area contributed by atoms with Crippen LogP contribution in [0, 0.1) is 0 Å². The predicted octanol–water partition coefficient (Wildman–Crippen LogP) is 8.26. The van der Waals surface area contributed by atoms with Gasteiger partial charge in [0.05, 0.1) is 24.4 Å². The van der Waals surface area contributed by atoms with Gasteiger partial charge in [0, 0.05) is 6.07 Å². The van der Waals surface area contributed by atoms with Crippen LogP contribution in [0.15, 0.2) is 102 Å². The van der Waals surface area contributed by atoms with E-state index in [0.29, 0.717) is 17.1 Å². The Balaban J connectivity index is 1.62. The van der Waals surface area contributed by atoms with E-state index in [0.717, 1.165) is 45.0 Å². The fraction of sp³-hybridized carbons (Fsp3) is 0.0938. The number of phenols is 1. The van der Waals surface area contributed by atoms with E-state index in [4.69, 9.17) is 9.26 Å². The van der Waals surface area contributed by atoms with Crippen molar-refractivity contribution in [2.24, 2.45) is 0 Å². The molecule has 0 saturated heterocycles. The summed E-state index contributed by atoms with van der Waals surface area (Å²) < 4.78 is 11.2. The Kier molecular flexibility index (Phi) is 5.42. The van der Waals surface area contributed by atoms with Gasteiger partial charge in [-0.3, -0.25) is 0 Å². The SMILES string of the molecule is CCc1cc(-c2oncc2-c2ccc3ccccc3c2-c2ccc3ccccc3c2)c(O)cc1OC. The Labute approximate surface area is 209 Å². The zero-order valence-corrected chi connectivity index (χ0v) is 20.2. The lowest BCUT2D eigenvalue weighted by Gasteiger charge is -2.15. The minimum Gasteiger partial charge on any atom is -0.507 e. The third kappa shape index (κ3) is 3.59. The van der Waals surface area contributed by atoms with Crippen molar-refractivity contribution in [1.82, 2.24) is 5.16 Å². The van der Waals surface area contributed by atoms with E-state index in [1.165, 1.54) is 10.8 Å². The first-order valence-corrected chi connectivity index (χ1v) is 12.0. The lowest BCUT2D eigenvalue weighted by atomic mass is 9.88. The van der Waals surface area contributed by atoms with Crippen LogP contribution in [0.2, 0.25) is 0 Å². The molecule has 0 spiro atoms. The molecule has 176 valence electrons. The number of phenolic OH excluding ortho intramolecular Hbond substituents is 1. The fourth-order valence-electron chi connectivity index (χ4n) is 5.04. The van der Waals surface area contributed by atoms with Crippen LogP contribution in [-0.2, 0) is 6.42 Å². The van der Waals surface area contributed by atoms with Crippen molar-refractivity contribution in [3.63, 3.8) is 0 Å². The van der Waals surface area contributed by atoms with Crippen molar-refractivity contribution >= 4 is 21.5 Å². The van der Waals surface area contributed by atoms with Crippen molar-refractivity contribution in [3.8, 4) is 45.1 Å². The molecule has 6 aromatic rings. The van der Waals surface area contributed by atoms with Gasteiger partial charge in [0.15, 0.2) is 5.76 Å². The molecule has 5 aromatic carbocycles. The molecule has 0 atom stereocenters. The number of benzene rings is 5. The second-order valence-corrected chi connectivity index (χ2v) is 8.87. The minimum atomic E-state index is 0.0927. The van der Waals surface area contributed by atoms with Crippen LogP contribution in [0.3, 0.4) is 0 Å². The normalized spacial score (nSPS) is 11.3. The standard InChI is InChI=1S/C32H25NO3/c1-3-20-17-27(29(34)18-30(20)35-2)32-28(19-33-36-32)26-15-14-22-9-6-7-11-25(22)31(26)24-13-12-21-8-4-5-10-23(21)16-24/h4-19,34H,3H2,1-2H3. The van der Waals surface area contributed by atoms with E-state index in [1.807, 2.05) is 6.07 Å². The molecule has 6 rings (SSSR count). The highest BCUT2D eigenvalue weighted by atomic mass is 16.5. The molecule has 1 heterocycles. The number of rotatable bonds is 5. The minimum absolute atomic E-state index is 0.0927. The number of ether oxygens (including phenoxy) is 1. The molecule has 0 amide bonds. The van der Waals surface area contributed by atoms with Crippen molar-refractivity contribution in [2.45, 2.75) is 13.3 Å². The average molecular weight is 472 g/mol. The molecule has 0 unspecified atom stereocenters. The van der Waals surface area contributed by atoms with Gasteiger partial charge in [-0.2, -0.15) is 0 Å². The van der Waals surface area contributed by atoms with Crippen molar-refractivity contribution in [2.75, 3.05) is 7.11 Å². The number of hydrogen-bond donors (Lipinski definition) is 1. The van der Waals surface area contributed by atoms with E-state index in [2.05, 4.69) is 90.9 Å². The number of aromatic hydroxyl groups is 1. The summed E-state index contributed by atoms with van der Waals surface area (Å²) in [6, 6.07) is 31.1. The van der Waals surface area contributed by atoms with Crippen molar-refractivity contribution < 1.29 is 14.4 Å². The van der Waals surface area contributed by atoms with E-state index in [1.54, 1.807) is 19.4 Å². The van der Waals surface area contributed by atoms with Crippen molar-refractivity contribution in [3.05, 3.63) is 103 Å². The Bertz CT molecular complexity index is 1730. The smallest absolute Gasteiger partial charge is 0.178 e. The summed E-state index contributed by atoms with van der Waals surface area (Å²) in [5.74, 6) is 1.28. The second kappa shape index (κ2) is 8.90. The number of aromatic nitrogens is 1. The Morgan fingerprint density at radius 1 is 0.778 bits per heavy atom. The molecular formula is C32H25NO3. The van der Waals surface area contributed by atoms with E-state index in [-0.39, 0.29) is 5.75 Å². The summed E-state index contributed by atoms with van der Waals surface area (Å²) >= 11 is 0. The maximum atomic E-state index is 10.9. The highest BCUT2D eigenvalue weighted by Gasteiger charge is 2.22. The average Bonchev–Trinajstić information content (AvgIpc) is 3.41. The van der Waals surface area contributed by atoms with Gasteiger partial charge in [-0.25, -0.2) is 0 Å². The summed E-state index contributed by atoms with van der Waals surface area (Å²) in [4.78, 5) is 0. The lowest BCUT2D eigenvalue weighted by molar-refractivity contribution is 0.401. The largest absolute Gasteiger partial charge is 0.507 e. The van der Waals surface area contributed by atoms with Gasteiger partial charge in [-0.05, 0) is 62.4 Å². The molecule has 0 bridgehead atoms. The van der Waals surface area contributed by atoms with Crippen LogP contribution in [-0.4, -0.2) is 17.4 Å². The summed E-state index contributed by atoms with van der Waals surface area (Å²) in [7, 11) is 1.61. The summed E-state index contributed by atoms with van der Waals surface area (Å²) in [5.41, 5.74) is 5.62. The molecule has 0 aliphatic rings. The molecule has 4 heteroatoms. The van der Waals surface area contributed by atoms with E-state index >= 15 is 0 Å². The van der Waals surface area contributed by atoms with Crippen LogP contribution < -0.4 is 4.74 Å². The number of nitrogens with zero attached hydrogens (tertiary/aromatic N) is 1. The summed E-state index contributed by atoms with van der Waals surface area (Å²) in [6.07, 6.45) is 2.50. The topological polar surface area (TPSA) is 55.5 Å². The summed E-state index contributed by atoms with van der Waals surface area (Å²) in [6.45, 7) is 2.06. The van der Waals surface area contributed by atoms with Gasteiger partial charge in [-0.15, -0.1) is 0 Å². The molecule has 0 aliphatic carbocycles. The Morgan fingerprint density at radius 3 is 2.33 bits per heavy atom. The molecule has 36 heavy (non-hydrogen) atoms. The molecular weight excluding hydrogens is 446 g/mol. The summed E-state index contributed by atoms with van der Waals surface area (Å²) in [5, 5.41) is 19.7.